The molecule has 0 unspecified atom stereocenters. The van der Waals surface area contributed by atoms with E-state index in [-0.39, 0.29) is 0 Å². The highest BCUT2D eigenvalue weighted by Crippen LogP contribution is 2.43. The van der Waals surface area contributed by atoms with Gasteiger partial charge in [-0.3, -0.25) is 0 Å². The summed E-state index contributed by atoms with van der Waals surface area (Å²) >= 11 is 0. The number of hydrogen-bond acceptors (Lipinski definition) is 2. The molecule has 53 heavy (non-hydrogen) atoms. The topological polar surface area (TPSA) is 35.6 Å². The summed E-state index contributed by atoms with van der Waals surface area (Å²) in [5, 5.41) is 7.57. The largest absolute Gasteiger partial charge is 0.307 e. The number of fused-ring (bicyclic) bond motifs is 10. The summed E-state index contributed by atoms with van der Waals surface area (Å²) in [5.41, 5.74) is 12.6. The van der Waals surface area contributed by atoms with Crippen LogP contribution >= 0.6 is 0 Å². The zero-order valence-corrected chi connectivity index (χ0v) is 30.5. The first-order valence-corrected chi connectivity index (χ1v) is 21.3. The molecular formula is C48H34N4Si. The lowest BCUT2D eigenvalue weighted by atomic mass is 10.00. The third-order valence-corrected chi connectivity index (χ3v) is 14.6. The van der Waals surface area contributed by atoms with Gasteiger partial charge in [-0.1, -0.05) is 147 Å². The minimum absolute atomic E-state index is 0.782. The maximum absolute atomic E-state index is 5.43. The van der Waals surface area contributed by atoms with Gasteiger partial charge in [0.15, 0.2) is 5.82 Å². The van der Waals surface area contributed by atoms with Gasteiger partial charge in [-0.15, -0.1) is 0 Å². The smallest absolute Gasteiger partial charge is 0.159 e. The summed E-state index contributed by atoms with van der Waals surface area (Å²) < 4.78 is 4.92. The average Bonchev–Trinajstić information content (AvgIpc) is 3.82. The van der Waals surface area contributed by atoms with Crippen LogP contribution in [0.25, 0.3) is 88.8 Å². The van der Waals surface area contributed by atoms with Crippen LogP contribution in [0.4, 0.5) is 0 Å². The van der Waals surface area contributed by atoms with E-state index in [9.17, 15) is 0 Å². The van der Waals surface area contributed by atoms with E-state index in [4.69, 9.17) is 9.97 Å². The maximum atomic E-state index is 5.43. The summed E-state index contributed by atoms with van der Waals surface area (Å²) in [6.45, 7) is 4.85. The Morgan fingerprint density at radius 3 is 1.70 bits per heavy atom. The molecule has 11 rings (SSSR count). The molecule has 0 amide bonds. The van der Waals surface area contributed by atoms with Gasteiger partial charge >= 0.3 is 0 Å². The molecule has 0 fully saturated rings. The second-order valence-electron chi connectivity index (χ2n) is 14.6. The van der Waals surface area contributed by atoms with Crippen molar-refractivity contribution >= 4 is 62.2 Å². The highest BCUT2D eigenvalue weighted by molar-refractivity contribution is 7.03. The van der Waals surface area contributed by atoms with Crippen LogP contribution in [-0.4, -0.2) is 27.2 Å². The van der Waals surface area contributed by atoms with Gasteiger partial charge in [-0.2, -0.15) is 0 Å². The van der Waals surface area contributed by atoms with Crippen molar-refractivity contribution in [2.45, 2.75) is 13.1 Å². The lowest BCUT2D eigenvalue weighted by Gasteiger charge is -2.19. The Morgan fingerprint density at radius 2 is 1.00 bits per heavy atom. The molecule has 0 saturated heterocycles. The molecule has 1 aliphatic rings. The van der Waals surface area contributed by atoms with E-state index in [0.717, 1.165) is 34.0 Å². The first-order chi connectivity index (χ1) is 26.1. The van der Waals surface area contributed by atoms with Crippen LogP contribution in [0.2, 0.25) is 13.1 Å². The Bertz CT molecular complexity index is 3080. The average molecular weight is 695 g/mol. The van der Waals surface area contributed by atoms with E-state index in [1.807, 2.05) is 0 Å². The fraction of sp³-hybridized carbons (Fsp3) is 0.0417. The Labute approximate surface area is 308 Å². The lowest BCUT2D eigenvalue weighted by Crippen LogP contribution is -2.50. The third-order valence-electron chi connectivity index (χ3n) is 11.3. The number of rotatable bonds is 4. The minimum Gasteiger partial charge on any atom is -0.307 e. The van der Waals surface area contributed by atoms with Gasteiger partial charge in [-0.05, 0) is 47.1 Å². The molecule has 3 aromatic heterocycles. The van der Waals surface area contributed by atoms with Gasteiger partial charge in [0, 0.05) is 54.9 Å². The van der Waals surface area contributed by atoms with Crippen LogP contribution in [0.1, 0.15) is 0 Å². The lowest BCUT2D eigenvalue weighted by molar-refractivity contribution is 1.15. The molecule has 0 N–H and O–H groups in total. The SMILES string of the molecule is C[Si]1(C)c2ccccc2-c2c(-c3cccc(-n4c5ccccc5c5ccc6c7ccccc7n(-c7ccccc7)c6c54)c3)nc(-c3ccccc3)nc21. The number of hydrogen-bond donors (Lipinski definition) is 0. The van der Waals surface area contributed by atoms with E-state index >= 15 is 0 Å². The predicted octanol–water partition coefficient (Wildman–Crippen LogP) is 10.8. The van der Waals surface area contributed by atoms with Crippen molar-refractivity contribution in [1.29, 1.82) is 0 Å². The second kappa shape index (κ2) is 11.2. The van der Waals surface area contributed by atoms with Gasteiger partial charge in [0.1, 0.15) is 8.07 Å². The molecule has 0 atom stereocenters. The van der Waals surface area contributed by atoms with Crippen LogP contribution in [0, 0.1) is 0 Å². The molecule has 0 radical (unpaired) electrons. The van der Waals surface area contributed by atoms with Gasteiger partial charge in [0.05, 0.1) is 27.8 Å². The number of nitrogens with zero attached hydrogens (tertiary/aromatic N) is 4. The number of benzene rings is 7. The molecule has 0 aliphatic carbocycles. The molecule has 0 spiro atoms. The molecule has 4 nitrogen and oxygen atoms in total. The van der Waals surface area contributed by atoms with Crippen molar-refractivity contribution < 1.29 is 0 Å². The molecular weight excluding hydrogens is 661 g/mol. The quantitative estimate of drug-likeness (QED) is 0.172. The highest BCUT2D eigenvalue weighted by atomic mass is 28.3. The van der Waals surface area contributed by atoms with Crippen molar-refractivity contribution in [2.75, 3.05) is 0 Å². The second-order valence-corrected chi connectivity index (χ2v) is 18.9. The molecule has 5 heteroatoms. The van der Waals surface area contributed by atoms with Crippen molar-refractivity contribution in [2.24, 2.45) is 0 Å². The zero-order chi connectivity index (χ0) is 35.3. The zero-order valence-electron chi connectivity index (χ0n) is 29.5. The summed E-state index contributed by atoms with van der Waals surface area (Å²) in [5.74, 6) is 0.782. The summed E-state index contributed by atoms with van der Waals surface area (Å²) in [6.07, 6.45) is 0. The monoisotopic (exact) mass is 694 g/mol. The summed E-state index contributed by atoms with van der Waals surface area (Å²) in [4.78, 5) is 10.8. The van der Waals surface area contributed by atoms with Crippen molar-refractivity contribution in [3.63, 3.8) is 0 Å². The van der Waals surface area contributed by atoms with E-state index in [0.29, 0.717) is 0 Å². The Hall–Kier alpha value is -6.56. The molecule has 10 aromatic rings. The van der Waals surface area contributed by atoms with E-state index in [1.165, 1.54) is 65.2 Å². The van der Waals surface area contributed by atoms with Gasteiger partial charge in [0.25, 0.3) is 0 Å². The molecule has 1 aliphatic heterocycles. The van der Waals surface area contributed by atoms with Gasteiger partial charge in [-0.25, -0.2) is 9.97 Å². The van der Waals surface area contributed by atoms with Crippen LogP contribution < -0.4 is 10.5 Å². The molecule has 250 valence electrons. The first kappa shape index (κ1) is 30.1. The molecule has 0 saturated carbocycles. The summed E-state index contributed by atoms with van der Waals surface area (Å²) in [7, 11) is -2.09. The number of para-hydroxylation sites is 3. The van der Waals surface area contributed by atoms with Crippen molar-refractivity contribution in [3.05, 3.63) is 170 Å². The third kappa shape index (κ3) is 4.29. The predicted molar refractivity (Wildman–Crippen MR) is 224 cm³/mol. The van der Waals surface area contributed by atoms with E-state index in [2.05, 4.69) is 192 Å². The molecule has 7 aromatic carbocycles. The van der Waals surface area contributed by atoms with E-state index < -0.39 is 8.07 Å². The Morgan fingerprint density at radius 1 is 0.453 bits per heavy atom. The summed E-state index contributed by atoms with van der Waals surface area (Å²) in [6, 6.07) is 61.3. The van der Waals surface area contributed by atoms with Crippen LogP contribution in [-0.2, 0) is 0 Å². The van der Waals surface area contributed by atoms with Crippen molar-refractivity contribution in [1.82, 2.24) is 19.1 Å². The van der Waals surface area contributed by atoms with Crippen LogP contribution in [0.15, 0.2) is 170 Å². The Kier molecular flexibility index (Phi) is 6.37. The maximum Gasteiger partial charge on any atom is 0.159 e. The minimum atomic E-state index is -2.09. The van der Waals surface area contributed by atoms with Crippen LogP contribution in [0.3, 0.4) is 0 Å². The first-order valence-electron chi connectivity index (χ1n) is 18.3. The van der Waals surface area contributed by atoms with Crippen LogP contribution in [0.5, 0.6) is 0 Å². The number of aromatic nitrogens is 4. The van der Waals surface area contributed by atoms with E-state index in [1.54, 1.807) is 0 Å². The molecule has 0 bridgehead atoms. The highest BCUT2D eigenvalue weighted by Gasteiger charge is 2.41. The Balaban J connectivity index is 1.24. The normalized spacial score (nSPS) is 13.2. The van der Waals surface area contributed by atoms with Crippen molar-refractivity contribution in [3.8, 4) is 45.1 Å². The molecule has 4 heterocycles. The fourth-order valence-corrected chi connectivity index (χ4v) is 11.8. The van der Waals surface area contributed by atoms with Gasteiger partial charge < -0.3 is 9.13 Å². The van der Waals surface area contributed by atoms with Gasteiger partial charge in [0.2, 0.25) is 0 Å². The fourth-order valence-electron chi connectivity index (χ4n) is 8.87. The standard InChI is InChI=1S/C48H34N4Si/c1-53(2)42-27-14-11-24-39(42)43-44(49-47(50-48(43)53)31-16-5-3-6-17-31)32-18-15-21-34(30-32)52-41-26-13-10-23-36(41)38-29-28-37-35-22-9-12-25-40(35)51(45(37)46(38)52)33-19-7-4-8-20-33/h3-30H,1-2H3.